The van der Waals surface area contributed by atoms with E-state index in [9.17, 15) is 0 Å². The van der Waals surface area contributed by atoms with Crippen molar-refractivity contribution in [3.8, 4) is 0 Å². The maximum atomic E-state index is 5.39. The molecule has 4 nitrogen and oxygen atoms in total. The zero-order valence-electron chi connectivity index (χ0n) is 13.8. The second-order valence-corrected chi connectivity index (χ2v) is 7.01. The van der Waals surface area contributed by atoms with Gasteiger partial charge in [0.25, 0.3) is 0 Å². The maximum absolute atomic E-state index is 5.39. The second kappa shape index (κ2) is 8.08. The van der Waals surface area contributed by atoms with Crippen molar-refractivity contribution in [1.29, 1.82) is 0 Å². The minimum atomic E-state index is 0.502. The molecule has 2 aliphatic rings. The first-order valence-corrected chi connectivity index (χ1v) is 9.00. The lowest BCUT2D eigenvalue weighted by molar-refractivity contribution is 0.114. The van der Waals surface area contributed by atoms with E-state index in [4.69, 9.17) is 17.0 Å². The summed E-state index contributed by atoms with van der Waals surface area (Å²) >= 11 is 5.39. The average Bonchev–Trinajstić information content (AvgIpc) is 2.79. The Balaban J connectivity index is 1.50. The summed E-state index contributed by atoms with van der Waals surface area (Å²) < 4.78 is 5.04. The van der Waals surface area contributed by atoms with E-state index >= 15 is 0 Å². The minimum absolute atomic E-state index is 0.502. The van der Waals surface area contributed by atoms with Crippen molar-refractivity contribution in [2.24, 2.45) is 0 Å². The fourth-order valence-electron chi connectivity index (χ4n) is 3.95. The van der Waals surface area contributed by atoms with Crippen LogP contribution < -0.4 is 10.6 Å². The lowest BCUT2D eigenvalue weighted by Crippen LogP contribution is -2.52. The Kier molecular flexibility index (Phi) is 5.86. The molecular formula is C18H27N3OS. The van der Waals surface area contributed by atoms with Gasteiger partial charge in [0, 0.05) is 38.3 Å². The molecule has 5 heteroatoms. The molecule has 2 fully saturated rings. The molecule has 0 radical (unpaired) electrons. The highest BCUT2D eigenvalue weighted by atomic mass is 32.1. The first-order valence-electron chi connectivity index (χ1n) is 8.59. The van der Waals surface area contributed by atoms with E-state index < -0.39 is 0 Å². The fourth-order valence-corrected chi connectivity index (χ4v) is 4.22. The number of hydrogen-bond donors (Lipinski definition) is 2. The highest BCUT2D eigenvalue weighted by molar-refractivity contribution is 7.80. The zero-order chi connectivity index (χ0) is 16.1. The molecule has 3 atom stereocenters. The molecule has 0 aliphatic carbocycles. The third kappa shape index (κ3) is 4.43. The molecule has 0 spiro atoms. The molecule has 0 aromatic heterocycles. The van der Waals surface area contributed by atoms with Gasteiger partial charge in [-0.15, -0.1) is 0 Å². The molecule has 2 aliphatic heterocycles. The zero-order valence-corrected chi connectivity index (χ0v) is 14.6. The van der Waals surface area contributed by atoms with Crippen LogP contribution in [0.5, 0.6) is 0 Å². The summed E-state index contributed by atoms with van der Waals surface area (Å²) in [5.41, 5.74) is 1.42. The summed E-state index contributed by atoms with van der Waals surface area (Å²) in [6.07, 6.45) is 5.02. The number of thiocarbonyl (C=S) groups is 1. The highest BCUT2D eigenvalue weighted by Crippen LogP contribution is 2.36. The van der Waals surface area contributed by atoms with Crippen molar-refractivity contribution in [1.82, 2.24) is 15.5 Å². The second-order valence-electron chi connectivity index (χ2n) is 6.60. The van der Waals surface area contributed by atoms with Gasteiger partial charge >= 0.3 is 0 Å². The summed E-state index contributed by atoms with van der Waals surface area (Å²) in [6.45, 7) is 2.53. The van der Waals surface area contributed by atoms with Gasteiger partial charge in [-0.25, -0.2) is 0 Å². The molecule has 3 rings (SSSR count). The van der Waals surface area contributed by atoms with Crippen molar-refractivity contribution in [3.63, 3.8) is 0 Å². The van der Waals surface area contributed by atoms with E-state index in [0.29, 0.717) is 24.7 Å². The molecule has 1 aromatic rings. The summed E-state index contributed by atoms with van der Waals surface area (Å²) in [5, 5.41) is 7.48. The summed E-state index contributed by atoms with van der Waals surface area (Å²) in [4.78, 5) is 2.70. The lowest BCUT2D eigenvalue weighted by atomic mass is 9.96. The van der Waals surface area contributed by atoms with Crippen molar-refractivity contribution >= 4 is 17.3 Å². The smallest absolute Gasteiger partial charge is 0.166 e. The average molecular weight is 334 g/mol. The van der Waals surface area contributed by atoms with Gasteiger partial charge in [-0.1, -0.05) is 30.3 Å². The Labute approximate surface area is 144 Å². The Morgan fingerprint density at radius 2 is 1.91 bits per heavy atom. The van der Waals surface area contributed by atoms with Crippen molar-refractivity contribution in [2.75, 3.05) is 20.3 Å². The maximum Gasteiger partial charge on any atom is 0.166 e. The van der Waals surface area contributed by atoms with Crippen LogP contribution in [0.25, 0.3) is 0 Å². The largest absolute Gasteiger partial charge is 0.383 e. The van der Waals surface area contributed by atoms with Crippen LogP contribution in [0, 0.1) is 0 Å². The quantitative estimate of drug-likeness (QED) is 0.617. The molecule has 1 unspecified atom stereocenters. The van der Waals surface area contributed by atoms with Gasteiger partial charge < -0.3 is 15.4 Å². The minimum Gasteiger partial charge on any atom is -0.383 e. The third-order valence-electron chi connectivity index (χ3n) is 5.02. The Hall–Kier alpha value is -1.17. The number of methoxy groups -OCH3 is 1. The van der Waals surface area contributed by atoms with Crippen LogP contribution in [-0.2, 0) is 11.3 Å². The van der Waals surface area contributed by atoms with Gasteiger partial charge in [-0.3, -0.25) is 4.90 Å². The van der Waals surface area contributed by atoms with Gasteiger partial charge in [0.2, 0.25) is 0 Å². The van der Waals surface area contributed by atoms with Crippen LogP contribution in [0.2, 0.25) is 0 Å². The summed E-state index contributed by atoms with van der Waals surface area (Å²) in [6, 6.07) is 12.7. The van der Waals surface area contributed by atoms with E-state index in [1.54, 1.807) is 7.11 Å². The Morgan fingerprint density at radius 3 is 2.57 bits per heavy atom. The molecular weight excluding hydrogens is 306 g/mol. The SMILES string of the molecule is COCCNC(=S)NC1C[C@H]2CC[C@@H](C1)N2Cc1ccccc1. The number of piperidine rings is 1. The van der Waals surface area contributed by atoms with E-state index in [1.165, 1.54) is 31.2 Å². The third-order valence-corrected chi connectivity index (χ3v) is 5.28. The highest BCUT2D eigenvalue weighted by Gasteiger charge is 2.40. The number of ether oxygens (including phenoxy) is 1. The van der Waals surface area contributed by atoms with E-state index in [-0.39, 0.29) is 0 Å². The molecule has 0 saturated carbocycles. The number of nitrogens with zero attached hydrogens (tertiary/aromatic N) is 1. The molecule has 23 heavy (non-hydrogen) atoms. The van der Waals surface area contributed by atoms with Crippen LogP contribution in [0.15, 0.2) is 30.3 Å². The van der Waals surface area contributed by atoms with Gasteiger partial charge in [0.15, 0.2) is 5.11 Å². The molecule has 1 aromatic carbocycles. The fraction of sp³-hybridized carbons (Fsp3) is 0.611. The number of hydrogen-bond acceptors (Lipinski definition) is 3. The number of nitrogens with one attached hydrogen (secondary N) is 2. The van der Waals surface area contributed by atoms with E-state index in [0.717, 1.165) is 18.2 Å². The van der Waals surface area contributed by atoms with Crippen LogP contribution in [0.1, 0.15) is 31.2 Å². The van der Waals surface area contributed by atoms with Crippen LogP contribution in [0.4, 0.5) is 0 Å². The number of fused-ring (bicyclic) bond motifs is 2. The van der Waals surface area contributed by atoms with Gasteiger partial charge in [0.05, 0.1) is 6.61 Å². The van der Waals surface area contributed by atoms with Crippen LogP contribution >= 0.6 is 12.2 Å². The predicted molar refractivity (Wildman–Crippen MR) is 97.4 cm³/mol. The monoisotopic (exact) mass is 333 g/mol. The molecule has 2 saturated heterocycles. The Bertz CT molecular complexity index is 496. The topological polar surface area (TPSA) is 36.5 Å². The van der Waals surface area contributed by atoms with Gasteiger partial charge in [-0.05, 0) is 43.5 Å². The van der Waals surface area contributed by atoms with Gasteiger partial charge in [-0.2, -0.15) is 0 Å². The predicted octanol–water partition coefficient (Wildman–Crippen LogP) is 2.29. The molecule has 126 valence electrons. The van der Waals surface area contributed by atoms with E-state index in [2.05, 4.69) is 45.9 Å². The lowest BCUT2D eigenvalue weighted by Gasteiger charge is -2.39. The molecule has 0 amide bonds. The van der Waals surface area contributed by atoms with Crippen molar-refractivity contribution < 1.29 is 4.74 Å². The first kappa shape index (κ1) is 16.7. The number of benzene rings is 1. The number of rotatable bonds is 6. The van der Waals surface area contributed by atoms with Gasteiger partial charge in [0.1, 0.15) is 0 Å². The van der Waals surface area contributed by atoms with Crippen LogP contribution in [0.3, 0.4) is 0 Å². The molecule has 2 heterocycles. The molecule has 2 N–H and O–H groups in total. The Morgan fingerprint density at radius 1 is 1.22 bits per heavy atom. The van der Waals surface area contributed by atoms with Crippen molar-refractivity contribution in [2.45, 2.75) is 50.4 Å². The summed E-state index contributed by atoms with van der Waals surface area (Å²) in [5.74, 6) is 0. The molecule has 2 bridgehead atoms. The standard InChI is InChI=1S/C18H27N3OS/c1-22-10-9-19-18(23)20-15-11-16-7-8-17(12-15)21(16)13-14-5-3-2-4-6-14/h2-6,15-17H,7-13H2,1H3,(H2,19,20,23)/t15?,16-,17+. The van der Waals surface area contributed by atoms with Crippen LogP contribution in [-0.4, -0.2) is 48.4 Å². The first-order chi connectivity index (χ1) is 11.3. The van der Waals surface area contributed by atoms with E-state index in [1.807, 2.05) is 0 Å². The van der Waals surface area contributed by atoms with Crippen molar-refractivity contribution in [3.05, 3.63) is 35.9 Å². The normalized spacial score (nSPS) is 26.9. The summed E-state index contributed by atoms with van der Waals surface area (Å²) in [7, 11) is 1.71.